The summed E-state index contributed by atoms with van der Waals surface area (Å²) in [5.41, 5.74) is -0.0429. The molecule has 0 atom stereocenters. The van der Waals surface area contributed by atoms with Crippen molar-refractivity contribution in [1.29, 1.82) is 0 Å². The number of esters is 2. The molecule has 0 fully saturated rings. The summed E-state index contributed by atoms with van der Waals surface area (Å²) in [6.07, 6.45) is 0. The van der Waals surface area contributed by atoms with Crippen LogP contribution in [0.15, 0.2) is 42.5 Å². The van der Waals surface area contributed by atoms with E-state index in [0.717, 1.165) is 6.07 Å². The van der Waals surface area contributed by atoms with Crippen molar-refractivity contribution in [1.82, 2.24) is 0 Å². The normalized spacial score (nSPS) is 9.96. The molecule has 0 heterocycles. The number of halogens is 1. The van der Waals surface area contributed by atoms with Gasteiger partial charge in [0, 0.05) is 0 Å². The van der Waals surface area contributed by atoms with Gasteiger partial charge in [-0.2, -0.15) is 0 Å². The van der Waals surface area contributed by atoms with E-state index < -0.39 is 23.7 Å². The lowest BCUT2D eigenvalue weighted by Gasteiger charge is -2.11. The van der Waals surface area contributed by atoms with Gasteiger partial charge in [0.1, 0.15) is 5.82 Å². The smallest absolute Gasteiger partial charge is 0.339 e. The fourth-order valence-corrected chi connectivity index (χ4v) is 2.02. The number of hydrogen-bond acceptors (Lipinski definition) is 5. The molecule has 0 aromatic heterocycles. The van der Waals surface area contributed by atoms with Crippen molar-refractivity contribution in [2.75, 3.05) is 19.5 Å². The highest BCUT2D eigenvalue weighted by atomic mass is 19.1. The van der Waals surface area contributed by atoms with Gasteiger partial charge in [0.15, 0.2) is 0 Å². The number of carbonyl (C=O) groups excluding carboxylic acids is 3. The zero-order valence-electron chi connectivity index (χ0n) is 13.0. The maximum atomic E-state index is 13.7. The molecule has 0 saturated heterocycles. The van der Waals surface area contributed by atoms with Crippen LogP contribution in [0.25, 0.3) is 0 Å². The molecule has 1 N–H and O–H groups in total. The molecule has 0 unspecified atom stereocenters. The summed E-state index contributed by atoms with van der Waals surface area (Å²) in [7, 11) is 2.38. The molecule has 0 bridgehead atoms. The monoisotopic (exact) mass is 331 g/mol. The maximum absolute atomic E-state index is 13.7. The zero-order chi connectivity index (χ0) is 17.7. The molecule has 24 heavy (non-hydrogen) atoms. The van der Waals surface area contributed by atoms with Gasteiger partial charge in [-0.15, -0.1) is 0 Å². The van der Waals surface area contributed by atoms with E-state index in [1.54, 1.807) is 0 Å². The van der Waals surface area contributed by atoms with Crippen LogP contribution in [0.4, 0.5) is 10.1 Å². The standard InChI is InChI=1S/C17H14FNO5/c1-23-16(21)10-7-8-12(17(22)24-2)14(9-10)19-15(20)11-5-3-4-6-13(11)18/h3-9H,1-2H3,(H,19,20). The van der Waals surface area contributed by atoms with E-state index in [4.69, 9.17) is 0 Å². The molecule has 0 aliphatic carbocycles. The predicted octanol–water partition coefficient (Wildman–Crippen LogP) is 2.65. The largest absolute Gasteiger partial charge is 0.465 e. The Morgan fingerprint density at radius 2 is 1.58 bits per heavy atom. The third-order valence-electron chi connectivity index (χ3n) is 3.21. The minimum absolute atomic E-state index is 0.0120. The van der Waals surface area contributed by atoms with E-state index in [1.807, 2.05) is 0 Å². The Balaban J connectivity index is 2.42. The van der Waals surface area contributed by atoms with Crippen LogP contribution in [-0.4, -0.2) is 32.1 Å². The van der Waals surface area contributed by atoms with Crippen molar-refractivity contribution in [2.45, 2.75) is 0 Å². The molecule has 124 valence electrons. The van der Waals surface area contributed by atoms with Gasteiger partial charge < -0.3 is 14.8 Å². The lowest BCUT2D eigenvalue weighted by molar-refractivity contribution is 0.0587. The maximum Gasteiger partial charge on any atom is 0.339 e. The van der Waals surface area contributed by atoms with Crippen LogP contribution in [-0.2, 0) is 9.47 Å². The quantitative estimate of drug-likeness (QED) is 0.871. The van der Waals surface area contributed by atoms with E-state index in [1.165, 1.54) is 50.6 Å². The number of ether oxygens (including phenoxy) is 2. The molecule has 2 aromatic carbocycles. The average molecular weight is 331 g/mol. The van der Waals surface area contributed by atoms with Gasteiger partial charge in [-0.1, -0.05) is 12.1 Å². The van der Waals surface area contributed by atoms with Crippen LogP contribution in [0.2, 0.25) is 0 Å². The molecular formula is C17H14FNO5. The van der Waals surface area contributed by atoms with Crippen LogP contribution in [0.3, 0.4) is 0 Å². The van der Waals surface area contributed by atoms with Gasteiger partial charge in [0.2, 0.25) is 0 Å². The van der Waals surface area contributed by atoms with Gasteiger partial charge >= 0.3 is 11.9 Å². The highest BCUT2D eigenvalue weighted by Gasteiger charge is 2.19. The Morgan fingerprint density at radius 1 is 0.917 bits per heavy atom. The van der Waals surface area contributed by atoms with Crippen LogP contribution in [0.1, 0.15) is 31.1 Å². The lowest BCUT2D eigenvalue weighted by atomic mass is 10.1. The Kier molecular flexibility index (Phi) is 5.26. The fourth-order valence-electron chi connectivity index (χ4n) is 2.02. The third-order valence-corrected chi connectivity index (χ3v) is 3.21. The molecule has 0 aliphatic rings. The molecule has 6 nitrogen and oxygen atoms in total. The first-order valence-corrected chi connectivity index (χ1v) is 6.84. The van der Waals surface area contributed by atoms with Crippen molar-refractivity contribution in [3.8, 4) is 0 Å². The van der Waals surface area contributed by atoms with E-state index in [2.05, 4.69) is 14.8 Å². The van der Waals surface area contributed by atoms with Gasteiger partial charge in [-0.3, -0.25) is 4.79 Å². The number of hydrogen-bond donors (Lipinski definition) is 1. The van der Waals surface area contributed by atoms with Crippen molar-refractivity contribution < 1.29 is 28.2 Å². The fraction of sp³-hybridized carbons (Fsp3) is 0.118. The third kappa shape index (κ3) is 3.57. The van der Waals surface area contributed by atoms with Crippen molar-refractivity contribution in [2.24, 2.45) is 0 Å². The van der Waals surface area contributed by atoms with Crippen molar-refractivity contribution in [3.63, 3.8) is 0 Å². The van der Waals surface area contributed by atoms with E-state index in [9.17, 15) is 18.8 Å². The molecule has 7 heteroatoms. The van der Waals surface area contributed by atoms with Crippen molar-refractivity contribution in [3.05, 3.63) is 65.0 Å². The van der Waals surface area contributed by atoms with Crippen LogP contribution in [0.5, 0.6) is 0 Å². The van der Waals surface area contributed by atoms with Gasteiger partial charge in [0.05, 0.1) is 36.6 Å². The molecule has 2 rings (SSSR count). The zero-order valence-corrected chi connectivity index (χ0v) is 13.0. The molecule has 2 aromatic rings. The van der Waals surface area contributed by atoms with Crippen LogP contribution >= 0.6 is 0 Å². The van der Waals surface area contributed by atoms with E-state index in [-0.39, 0.29) is 22.4 Å². The number of anilines is 1. The van der Waals surface area contributed by atoms with E-state index >= 15 is 0 Å². The highest BCUT2D eigenvalue weighted by molar-refractivity contribution is 6.09. The second kappa shape index (κ2) is 7.36. The molecule has 0 aliphatic heterocycles. The predicted molar refractivity (Wildman–Crippen MR) is 83.5 cm³/mol. The summed E-state index contributed by atoms with van der Waals surface area (Å²) >= 11 is 0. The minimum Gasteiger partial charge on any atom is -0.465 e. The van der Waals surface area contributed by atoms with Gasteiger partial charge in [-0.05, 0) is 30.3 Å². The van der Waals surface area contributed by atoms with Crippen LogP contribution in [0, 0.1) is 5.82 Å². The Bertz CT molecular complexity index is 803. The summed E-state index contributed by atoms with van der Waals surface area (Å²) in [6.45, 7) is 0. The minimum atomic E-state index is -0.764. The number of nitrogens with one attached hydrogen (secondary N) is 1. The first-order chi connectivity index (χ1) is 11.5. The first-order valence-electron chi connectivity index (χ1n) is 6.84. The topological polar surface area (TPSA) is 81.7 Å². The summed E-state index contributed by atoms with van der Waals surface area (Å²) in [5, 5.41) is 2.41. The SMILES string of the molecule is COC(=O)c1ccc(C(=O)OC)c(NC(=O)c2ccccc2F)c1. The van der Waals surface area contributed by atoms with Gasteiger partial charge in [0.25, 0.3) is 5.91 Å². The van der Waals surface area contributed by atoms with Crippen molar-refractivity contribution >= 4 is 23.5 Å². The van der Waals surface area contributed by atoms with Crippen LogP contribution < -0.4 is 5.32 Å². The second-order valence-electron chi connectivity index (χ2n) is 4.68. The van der Waals surface area contributed by atoms with Gasteiger partial charge in [-0.25, -0.2) is 14.0 Å². The lowest BCUT2D eigenvalue weighted by Crippen LogP contribution is -2.17. The summed E-state index contributed by atoms with van der Waals surface area (Å²) in [5.74, 6) is -2.83. The number of methoxy groups -OCH3 is 2. The number of amides is 1. The number of rotatable bonds is 4. The number of carbonyl (C=O) groups is 3. The average Bonchev–Trinajstić information content (AvgIpc) is 2.60. The Morgan fingerprint density at radius 3 is 2.21 bits per heavy atom. The van der Waals surface area contributed by atoms with E-state index in [0.29, 0.717) is 0 Å². The summed E-state index contributed by atoms with van der Waals surface area (Å²) in [4.78, 5) is 35.7. The summed E-state index contributed by atoms with van der Waals surface area (Å²) in [6, 6.07) is 9.32. The molecule has 1 amide bonds. The summed E-state index contributed by atoms with van der Waals surface area (Å²) < 4.78 is 22.9. The first kappa shape index (κ1) is 17.1. The second-order valence-corrected chi connectivity index (χ2v) is 4.68. The Hall–Kier alpha value is -3.22. The molecule has 0 spiro atoms. The molecule has 0 radical (unpaired) electrons. The number of benzene rings is 2. The molecular weight excluding hydrogens is 317 g/mol. The molecule has 0 saturated carbocycles. The highest BCUT2D eigenvalue weighted by Crippen LogP contribution is 2.21. The Labute approximate surface area is 137 Å².